The maximum atomic E-state index is 12.6. The molecule has 4 heteroatoms. The van der Waals surface area contributed by atoms with Gasteiger partial charge in [-0.05, 0) is 37.8 Å². The summed E-state index contributed by atoms with van der Waals surface area (Å²) in [5, 5.41) is 5.45. The van der Waals surface area contributed by atoms with Gasteiger partial charge < -0.3 is 10.2 Å². The fourth-order valence-electron chi connectivity index (χ4n) is 2.59. The molecule has 1 aliphatic heterocycles. The second kappa shape index (κ2) is 6.87. The van der Waals surface area contributed by atoms with E-state index in [1.165, 1.54) is 4.88 Å². The number of hydrogen-bond donors (Lipinski definition) is 1. The van der Waals surface area contributed by atoms with E-state index in [-0.39, 0.29) is 11.8 Å². The summed E-state index contributed by atoms with van der Waals surface area (Å²) in [6, 6.07) is 4.55. The van der Waals surface area contributed by atoms with Crippen LogP contribution in [-0.2, 0) is 11.3 Å². The first-order valence-corrected chi connectivity index (χ1v) is 7.74. The Balaban J connectivity index is 2.00. The minimum atomic E-state index is 0.163. The standard InChI is InChI=1S/C15H22N2OS/c1-3-8-17(11-14-5-4-9-19-14)15(18)13-6-7-16-12(2)10-13/h3-5,9,12-13,16H,1,6-8,10-11H2,2H3/t12-,13-/m0/s1. The van der Waals surface area contributed by atoms with E-state index in [2.05, 4.69) is 30.3 Å². The lowest BCUT2D eigenvalue weighted by Crippen LogP contribution is -2.44. The number of carbonyl (C=O) groups is 1. The number of hydrogen-bond acceptors (Lipinski definition) is 3. The van der Waals surface area contributed by atoms with Gasteiger partial charge in [-0.15, -0.1) is 17.9 Å². The highest BCUT2D eigenvalue weighted by atomic mass is 32.1. The molecular formula is C15H22N2OS. The molecule has 1 N–H and O–H groups in total. The van der Waals surface area contributed by atoms with E-state index in [0.717, 1.165) is 19.4 Å². The van der Waals surface area contributed by atoms with Crippen LogP contribution < -0.4 is 5.32 Å². The Bertz CT molecular complexity index is 416. The van der Waals surface area contributed by atoms with Crippen LogP contribution in [-0.4, -0.2) is 29.9 Å². The molecule has 1 fully saturated rings. The summed E-state index contributed by atoms with van der Waals surface area (Å²) < 4.78 is 0. The Labute approximate surface area is 119 Å². The number of carbonyl (C=O) groups excluding carboxylic acids is 1. The topological polar surface area (TPSA) is 32.3 Å². The number of piperidine rings is 1. The molecule has 0 aliphatic carbocycles. The molecule has 1 saturated heterocycles. The summed E-state index contributed by atoms with van der Waals surface area (Å²) in [4.78, 5) is 15.8. The van der Waals surface area contributed by atoms with Crippen molar-refractivity contribution in [3.05, 3.63) is 35.0 Å². The number of nitrogens with zero attached hydrogens (tertiary/aromatic N) is 1. The highest BCUT2D eigenvalue weighted by Crippen LogP contribution is 2.21. The first-order chi connectivity index (χ1) is 9.20. The molecule has 0 radical (unpaired) electrons. The highest BCUT2D eigenvalue weighted by Gasteiger charge is 2.28. The van der Waals surface area contributed by atoms with Crippen molar-refractivity contribution >= 4 is 17.2 Å². The van der Waals surface area contributed by atoms with Crippen molar-refractivity contribution < 1.29 is 4.79 Å². The fraction of sp³-hybridized carbons (Fsp3) is 0.533. The van der Waals surface area contributed by atoms with E-state index in [0.29, 0.717) is 19.1 Å². The molecule has 0 spiro atoms. The van der Waals surface area contributed by atoms with E-state index in [1.807, 2.05) is 17.0 Å². The lowest BCUT2D eigenvalue weighted by Gasteiger charge is -2.31. The molecular weight excluding hydrogens is 256 g/mol. The summed E-state index contributed by atoms with van der Waals surface area (Å²) in [7, 11) is 0. The van der Waals surface area contributed by atoms with Gasteiger partial charge in [-0.25, -0.2) is 0 Å². The second-order valence-corrected chi connectivity index (χ2v) is 6.20. The first kappa shape index (κ1) is 14.3. The molecule has 2 rings (SSSR count). The minimum Gasteiger partial charge on any atom is -0.334 e. The number of nitrogens with one attached hydrogen (secondary N) is 1. The lowest BCUT2D eigenvalue weighted by molar-refractivity contribution is -0.136. The van der Waals surface area contributed by atoms with Crippen molar-refractivity contribution in [2.24, 2.45) is 5.92 Å². The van der Waals surface area contributed by atoms with Crippen LogP contribution in [0.25, 0.3) is 0 Å². The predicted molar refractivity (Wildman–Crippen MR) is 80.1 cm³/mol. The van der Waals surface area contributed by atoms with Gasteiger partial charge in [0.15, 0.2) is 0 Å². The zero-order valence-corrected chi connectivity index (χ0v) is 12.3. The molecule has 1 aromatic rings. The van der Waals surface area contributed by atoms with E-state index >= 15 is 0 Å². The molecule has 1 amide bonds. The Morgan fingerprint density at radius 2 is 2.53 bits per heavy atom. The third kappa shape index (κ3) is 3.91. The van der Waals surface area contributed by atoms with Crippen LogP contribution in [0.1, 0.15) is 24.6 Å². The average molecular weight is 278 g/mol. The predicted octanol–water partition coefficient (Wildman–Crippen LogP) is 2.65. The van der Waals surface area contributed by atoms with Crippen molar-refractivity contribution in [3.8, 4) is 0 Å². The first-order valence-electron chi connectivity index (χ1n) is 6.86. The van der Waals surface area contributed by atoms with Crippen molar-refractivity contribution in [1.82, 2.24) is 10.2 Å². The molecule has 1 aliphatic rings. The normalized spacial score (nSPS) is 23.0. The average Bonchev–Trinajstić information content (AvgIpc) is 2.90. The number of amides is 1. The van der Waals surface area contributed by atoms with Crippen LogP contribution in [0.5, 0.6) is 0 Å². The zero-order valence-electron chi connectivity index (χ0n) is 11.5. The summed E-state index contributed by atoms with van der Waals surface area (Å²) in [6.45, 7) is 8.20. The fourth-order valence-corrected chi connectivity index (χ4v) is 3.31. The van der Waals surface area contributed by atoms with Crippen LogP contribution in [0, 0.1) is 5.92 Å². The van der Waals surface area contributed by atoms with Gasteiger partial charge in [0.25, 0.3) is 0 Å². The lowest BCUT2D eigenvalue weighted by atomic mass is 9.92. The quantitative estimate of drug-likeness (QED) is 0.840. The van der Waals surface area contributed by atoms with Gasteiger partial charge in [0.05, 0.1) is 6.54 Å². The molecule has 0 aromatic carbocycles. The van der Waals surface area contributed by atoms with Crippen LogP contribution in [0.4, 0.5) is 0 Å². The highest BCUT2D eigenvalue weighted by molar-refractivity contribution is 7.09. The molecule has 104 valence electrons. The van der Waals surface area contributed by atoms with Crippen molar-refractivity contribution in [2.45, 2.75) is 32.4 Å². The Kier molecular flexibility index (Phi) is 5.16. The van der Waals surface area contributed by atoms with E-state index in [4.69, 9.17) is 0 Å². The third-order valence-corrected chi connectivity index (χ3v) is 4.42. The monoisotopic (exact) mass is 278 g/mol. The largest absolute Gasteiger partial charge is 0.334 e. The molecule has 3 nitrogen and oxygen atoms in total. The van der Waals surface area contributed by atoms with E-state index in [1.54, 1.807) is 11.3 Å². The van der Waals surface area contributed by atoms with Gasteiger partial charge in [0.2, 0.25) is 5.91 Å². The Hall–Kier alpha value is -1.13. The summed E-state index contributed by atoms with van der Waals surface area (Å²) >= 11 is 1.70. The number of rotatable bonds is 5. The Morgan fingerprint density at radius 3 is 3.16 bits per heavy atom. The van der Waals surface area contributed by atoms with E-state index < -0.39 is 0 Å². The summed E-state index contributed by atoms with van der Waals surface area (Å²) in [5.41, 5.74) is 0. The van der Waals surface area contributed by atoms with Gasteiger partial charge >= 0.3 is 0 Å². The maximum absolute atomic E-state index is 12.6. The van der Waals surface area contributed by atoms with Crippen molar-refractivity contribution in [2.75, 3.05) is 13.1 Å². The van der Waals surface area contributed by atoms with Gasteiger partial charge in [-0.1, -0.05) is 12.1 Å². The molecule has 2 heterocycles. The third-order valence-electron chi connectivity index (χ3n) is 3.56. The SMILES string of the molecule is C=CCN(Cc1cccs1)C(=O)[C@H]1CCN[C@@H](C)C1. The van der Waals surface area contributed by atoms with E-state index in [9.17, 15) is 4.79 Å². The van der Waals surface area contributed by atoms with Crippen LogP contribution in [0.15, 0.2) is 30.2 Å². The van der Waals surface area contributed by atoms with Gasteiger partial charge in [0.1, 0.15) is 0 Å². The second-order valence-electron chi connectivity index (χ2n) is 5.16. The molecule has 1 aromatic heterocycles. The number of thiophene rings is 1. The molecule has 0 unspecified atom stereocenters. The van der Waals surface area contributed by atoms with Crippen molar-refractivity contribution in [1.29, 1.82) is 0 Å². The molecule has 0 saturated carbocycles. The van der Waals surface area contributed by atoms with Crippen LogP contribution >= 0.6 is 11.3 Å². The van der Waals surface area contributed by atoms with Crippen molar-refractivity contribution in [3.63, 3.8) is 0 Å². The smallest absolute Gasteiger partial charge is 0.226 e. The molecule has 2 atom stereocenters. The van der Waals surface area contributed by atoms with Gasteiger partial charge in [-0.2, -0.15) is 0 Å². The Morgan fingerprint density at radius 1 is 1.68 bits per heavy atom. The van der Waals surface area contributed by atoms with Gasteiger partial charge in [0, 0.05) is 23.4 Å². The maximum Gasteiger partial charge on any atom is 0.226 e. The van der Waals surface area contributed by atoms with Crippen LogP contribution in [0.3, 0.4) is 0 Å². The molecule has 0 bridgehead atoms. The minimum absolute atomic E-state index is 0.163. The summed E-state index contributed by atoms with van der Waals surface area (Å²) in [5.74, 6) is 0.442. The summed E-state index contributed by atoms with van der Waals surface area (Å²) in [6.07, 6.45) is 3.70. The zero-order chi connectivity index (χ0) is 13.7. The van der Waals surface area contributed by atoms with Gasteiger partial charge in [-0.3, -0.25) is 4.79 Å². The van der Waals surface area contributed by atoms with Crippen LogP contribution in [0.2, 0.25) is 0 Å². The molecule has 19 heavy (non-hydrogen) atoms.